The molecule has 0 bridgehead atoms. The van der Waals surface area contributed by atoms with E-state index in [1.54, 1.807) is 0 Å². The summed E-state index contributed by atoms with van der Waals surface area (Å²) >= 11 is 12.2. The molecule has 1 N–H and O–H groups in total. The fourth-order valence-electron chi connectivity index (χ4n) is 2.21. The van der Waals surface area contributed by atoms with Crippen molar-refractivity contribution in [2.24, 2.45) is 0 Å². The van der Waals surface area contributed by atoms with Crippen molar-refractivity contribution in [3.8, 4) is 0 Å². The van der Waals surface area contributed by atoms with Crippen molar-refractivity contribution in [2.45, 2.75) is 25.2 Å². The van der Waals surface area contributed by atoms with Crippen LogP contribution in [0.3, 0.4) is 0 Å². The Morgan fingerprint density at radius 1 is 1.29 bits per heavy atom. The molecule has 1 aromatic rings. The summed E-state index contributed by atoms with van der Waals surface area (Å²) in [5.74, 6) is 0.390. The summed E-state index contributed by atoms with van der Waals surface area (Å²) in [6, 6.07) is 3.70. The fraction of sp³-hybridized carbons (Fsp3) is 0.455. The van der Waals surface area contributed by atoms with Gasteiger partial charge >= 0.3 is 0 Å². The molecule has 0 heterocycles. The number of fused-ring (bicyclic) bond motifs is 1. The third kappa shape index (κ3) is 1.65. The summed E-state index contributed by atoms with van der Waals surface area (Å²) in [6.07, 6.45) is 2.83. The van der Waals surface area contributed by atoms with Crippen LogP contribution >= 0.6 is 23.2 Å². The normalized spacial score (nSPS) is 19.8. The number of halogens is 2. The molecule has 0 saturated heterocycles. The van der Waals surface area contributed by atoms with Crippen molar-refractivity contribution in [3.05, 3.63) is 33.3 Å². The molecule has 0 aromatic heterocycles. The first-order chi connectivity index (χ1) is 6.74. The van der Waals surface area contributed by atoms with Crippen LogP contribution in [0.2, 0.25) is 10.0 Å². The van der Waals surface area contributed by atoms with Gasteiger partial charge in [0.05, 0.1) is 0 Å². The highest BCUT2D eigenvalue weighted by Crippen LogP contribution is 2.42. The highest BCUT2D eigenvalue weighted by molar-refractivity contribution is 6.34. The van der Waals surface area contributed by atoms with Crippen LogP contribution < -0.4 is 0 Å². The van der Waals surface area contributed by atoms with Gasteiger partial charge in [-0.1, -0.05) is 23.2 Å². The predicted octanol–water partition coefficient (Wildman–Crippen LogP) is 3.41. The van der Waals surface area contributed by atoms with Gasteiger partial charge in [-0.25, -0.2) is 0 Å². The third-order valence-corrected chi connectivity index (χ3v) is 3.56. The molecule has 1 nitrogen and oxygen atoms in total. The molecule has 0 spiro atoms. The van der Waals surface area contributed by atoms with Crippen molar-refractivity contribution >= 4 is 23.2 Å². The zero-order chi connectivity index (χ0) is 10.1. The first-order valence-corrected chi connectivity index (χ1v) is 5.57. The van der Waals surface area contributed by atoms with E-state index in [1.807, 2.05) is 12.1 Å². The van der Waals surface area contributed by atoms with Crippen molar-refractivity contribution < 1.29 is 5.11 Å². The Bertz CT molecular complexity index is 349. The Morgan fingerprint density at radius 2 is 2.00 bits per heavy atom. The third-order valence-electron chi connectivity index (χ3n) is 2.88. The lowest BCUT2D eigenvalue weighted by Gasteiger charge is -2.11. The molecule has 0 amide bonds. The van der Waals surface area contributed by atoms with E-state index in [2.05, 4.69) is 0 Å². The van der Waals surface area contributed by atoms with Gasteiger partial charge in [-0.05, 0) is 48.4 Å². The minimum absolute atomic E-state index is 0.215. The molecule has 0 aliphatic heterocycles. The minimum Gasteiger partial charge on any atom is -0.396 e. The molecule has 0 fully saturated rings. The summed E-state index contributed by atoms with van der Waals surface area (Å²) in [5, 5.41) is 10.5. The topological polar surface area (TPSA) is 20.2 Å². The second-order valence-electron chi connectivity index (χ2n) is 3.67. The second-order valence-corrected chi connectivity index (χ2v) is 4.48. The Balaban J connectivity index is 2.42. The molecule has 14 heavy (non-hydrogen) atoms. The first-order valence-electron chi connectivity index (χ1n) is 4.81. The van der Waals surface area contributed by atoms with Crippen LogP contribution in [-0.2, 0) is 6.42 Å². The molecule has 1 aromatic carbocycles. The molecular formula is C11H12Cl2O. The molecule has 3 heteroatoms. The highest BCUT2D eigenvalue weighted by Gasteiger charge is 2.26. The fourth-order valence-corrected chi connectivity index (χ4v) is 2.80. The van der Waals surface area contributed by atoms with Gasteiger partial charge in [-0.2, -0.15) is 0 Å². The highest BCUT2D eigenvalue weighted by atomic mass is 35.5. The molecular weight excluding hydrogens is 219 g/mol. The first kappa shape index (κ1) is 10.3. The number of hydrogen-bond donors (Lipinski definition) is 1. The summed E-state index contributed by atoms with van der Waals surface area (Å²) in [7, 11) is 0. The van der Waals surface area contributed by atoms with E-state index in [4.69, 9.17) is 28.3 Å². The lowest BCUT2D eigenvalue weighted by atomic mass is 9.98. The van der Waals surface area contributed by atoms with E-state index in [0.717, 1.165) is 34.9 Å². The van der Waals surface area contributed by atoms with Crippen LogP contribution in [0.1, 0.15) is 29.9 Å². The van der Waals surface area contributed by atoms with Crippen LogP contribution in [0, 0.1) is 0 Å². The smallest absolute Gasteiger partial charge is 0.0444 e. The SMILES string of the molecule is OCCC1CCc2c(Cl)ccc(Cl)c21. The van der Waals surface area contributed by atoms with Crippen LogP contribution in [0.15, 0.2) is 12.1 Å². The summed E-state index contributed by atoms with van der Waals surface area (Å²) < 4.78 is 0. The van der Waals surface area contributed by atoms with Gasteiger partial charge in [0, 0.05) is 16.7 Å². The molecule has 1 unspecified atom stereocenters. The standard InChI is InChI=1S/C11H12Cl2O/c12-9-3-4-10(13)11-7(5-6-14)1-2-8(9)11/h3-4,7,14H,1-2,5-6H2. The Labute approximate surface area is 93.7 Å². The molecule has 2 rings (SSSR count). The van der Waals surface area contributed by atoms with Crippen molar-refractivity contribution in [3.63, 3.8) is 0 Å². The molecule has 1 aliphatic rings. The minimum atomic E-state index is 0.215. The zero-order valence-corrected chi connectivity index (χ0v) is 9.28. The van der Waals surface area contributed by atoms with Gasteiger partial charge < -0.3 is 5.11 Å². The van der Waals surface area contributed by atoms with E-state index in [1.165, 1.54) is 5.56 Å². The van der Waals surface area contributed by atoms with Crippen LogP contribution in [0.25, 0.3) is 0 Å². The quantitative estimate of drug-likeness (QED) is 0.826. The van der Waals surface area contributed by atoms with Crippen LogP contribution in [0.4, 0.5) is 0 Å². The number of hydrogen-bond acceptors (Lipinski definition) is 1. The number of rotatable bonds is 2. The summed E-state index contributed by atoms with van der Waals surface area (Å²) in [5.41, 5.74) is 2.34. The molecule has 0 radical (unpaired) electrons. The Hall–Kier alpha value is -0.240. The molecule has 1 aliphatic carbocycles. The van der Waals surface area contributed by atoms with Crippen molar-refractivity contribution in [1.29, 1.82) is 0 Å². The number of aliphatic hydroxyl groups is 1. The lowest BCUT2D eigenvalue weighted by molar-refractivity contribution is 0.275. The maximum Gasteiger partial charge on any atom is 0.0444 e. The average Bonchev–Trinajstić information content (AvgIpc) is 2.58. The molecule has 76 valence electrons. The Kier molecular flexibility index (Phi) is 3.01. The number of aliphatic hydroxyl groups excluding tert-OH is 1. The van der Waals surface area contributed by atoms with E-state index < -0.39 is 0 Å². The lowest BCUT2D eigenvalue weighted by Crippen LogP contribution is -1.97. The summed E-state index contributed by atoms with van der Waals surface area (Å²) in [6.45, 7) is 0.215. The molecule has 0 saturated carbocycles. The van der Waals surface area contributed by atoms with Gasteiger partial charge in [0.15, 0.2) is 0 Å². The summed E-state index contributed by atoms with van der Waals surface area (Å²) in [4.78, 5) is 0. The monoisotopic (exact) mass is 230 g/mol. The van der Waals surface area contributed by atoms with E-state index in [9.17, 15) is 0 Å². The van der Waals surface area contributed by atoms with Crippen molar-refractivity contribution in [1.82, 2.24) is 0 Å². The van der Waals surface area contributed by atoms with E-state index in [0.29, 0.717) is 5.92 Å². The van der Waals surface area contributed by atoms with E-state index in [-0.39, 0.29) is 6.61 Å². The largest absolute Gasteiger partial charge is 0.396 e. The van der Waals surface area contributed by atoms with Crippen LogP contribution in [-0.4, -0.2) is 11.7 Å². The van der Waals surface area contributed by atoms with Gasteiger partial charge in [0.1, 0.15) is 0 Å². The maximum absolute atomic E-state index is 8.94. The van der Waals surface area contributed by atoms with Gasteiger partial charge in [-0.15, -0.1) is 0 Å². The van der Waals surface area contributed by atoms with Crippen molar-refractivity contribution in [2.75, 3.05) is 6.61 Å². The zero-order valence-electron chi connectivity index (χ0n) is 7.76. The average molecular weight is 231 g/mol. The Morgan fingerprint density at radius 3 is 2.71 bits per heavy atom. The maximum atomic E-state index is 8.94. The molecule has 1 atom stereocenters. The van der Waals surface area contributed by atoms with Gasteiger partial charge in [-0.3, -0.25) is 0 Å². The second kappa shape index (κ2) is 4.09. The van der Waals surface area contributed by atoms with Crippen LogP contribution in [0.5, 0.6) is 0 Å². The van der Waals surface area contributed by atoms with E-state index >= 15 is 0 Å². The van der Waals surface area contributed by atoms with Gasteiger partial charge in [0.25, 0.3) is 0 Å². The van der Waals surface area contributed by atoms with Gasteiger partial charge in [0.2, 0.25) is 0 Å². The predicted molar refractivity (Wildman–Crippen MR) is 59.2 cm³/mol. The number of benzene rings is 1.